The quantitative estimate of drug-likeness (QED) is 0.934. The van der Waals surface area contributed by atoms with Crippen molar-refractivity contribution >= 4 is 11.6 Å². The van der Waals surface area contributed by atoms with Crippen molar-refractivity contribution in [2.45, 2.75) is 32.4 Å². The molecule has 132 valence electrons. The minimum Gasteiger partial charge on any atom is -0.459 e. The molecule has 0 radical (unpaired) electrons. The van der Waals surface area contributed by atoms with Crippen molar-refractivity contribution in [2.75, 3.05) is 31.1 Å². The Morgan fingerprint density at radius 3 is 3.04 bits per heavy atom. The second-order valence-corrected chi connectivity index (χ2v) is 6.98. The number of fused-ring (bicyclic) bond motifs is 1. The number of carbonyl (C=O) groups is 1. The van der Waals surface area contributed by atoms with E-state index in [2.05, 4.69) is 41.4 Å². The van der Waals surface area contributed by atoms with Gasteiger partial charge in [-0.15, -0.1) is 0 Å². The molecule has 1 N–H and O–H groups in total. The highest BCUT2D eigenvalue weighted by Gasteiger charge is 2.29. The van der Waals surface area contributed by atoms with Crippen LogP contribution < -0.4 is 10.2 Å². The normalized spacial score (nSPS) is 20.4. The molecule has 1 amide bonds. The highest BCUT2D eigenvalue weighted by molar-refractivity contribution is 5.93. The van der Waals surface area contributed by atoms with Gasteiger partial charge in [0, 0.05) is 43.5 Å². The van der Waals surface area contributed by atoms with Crippen LogP contribution in [-0.4, -0.2) is 43.0 Å². The largest absolute Gasteiger partial charge is 0.459 e. The lowest BCUT2D eigenvalue weighted by Gasteiger charge is -2.25. The SMILES string of the molecule is CC1Cc2ccccc2N1Cc1ccoc1C(=O)N1CCCNCC1. The molecule has 25 heavy (non-hydrogen) atoms. The van der Waals surface area contributed by atoms with Crippen molar-refractivity contribution in [3.63, 3.8) is 0 Å². The molecule has 2 aliphatic heterocycles. The number of benzene rings is 1. The number of nitrogens with one attached hydrogen (secondary N) is 1. The molecule has 5 heteroatoms. The van der Waals surface area contributed by atoms with Crippen LogP contribution in [0.25, 0.3) is 0 Å². The number of hydrogen-bond acceptors (Lipinski definition) is 4. The summed E-state index contributed by atoms with van der Waals surface area (Å²) in [6, 6.07) is 10.9. The maximum atomic E-state index is 12.9. The Labute approximate surface area is 148 Å². The van der Waals surface area contributed by atoms with Crippen molar-refractivity contribution in [3.8, 4) is 0 Å². The van der Waals surface area contributed by atoms with Crippen LogP contribution in [0.3, 0.4) is 0 Å². The molecule has 1 aromatic heterocycles. The molecule has 5 nitrogen and oxygen atoms in total. The van der Waals surface area contributed by atoms with Crippen LogP contribution in [0.1, 0.15) is 35.0 Å². The number of hydrogen-bond donors (Lipinski definition) is 1. The fraction of sp³-hybridized carbons (Fsp3) is 0.450. The molecule has 0 saturated carbocycles. The van der Waals surface area contributed by atoms with E-state index in [-0.39, 0.29) is 5.91 Å². The van der Waals surface area contributed by atoms with Gasteiger partial charge in [0.25, 0.3) is 5.91 Å². The zero-order valence-electron chi connectivity index (χ0n) is 14.7. The van der Waals surface area contributed by atoms with Gasteiger partial charge in [0.2, 0.25) is 0 Å². The van der Waals surface area contributed by atoms with E-state index in [1.807, 2.05) is 11.0 Å². The Morgan fingerprint density at radius 1 is 1.24 bits per heavy atom. The number of rotatable bonds is 3. The fourth-order valence-electron chi connectivity index (χ4n) is 3.89. The topological polar surface area (TPSA) is 48.7 Å². The van der Waals surface area contributed by atoms with E-state index in [9.17, 15) is 4.79 Å². The third-order valence-corrected chi connectivity index (χ3v) is 5.26. The molecule has 1 saturated heterocycles. The number of amides is 1. The van der Waals surface area contributed by atoms with E-state index in [1.165, 1.54) is 11.3 Å². The molecule has 1 fully saturated rings. The smallest absolute Gasteiger partial charge is 0.289 e. The van der Waals surface area contributed by atoms with Gasteiger partial charge in [-0.25, -0.2) is 0 Å². The molecule has 0 bridgehead atoms. The molecule has 2 aromatic rings. The average molecular weight is 339 g/mol. The summed E-state index contributed by atoms with van der Waals surface area (Å²) in [7, 11) is 0. The summed E-state index contributed by atoms with van der Waals surface area (Å²) in [4.78, 5) is 17.2. The van der Waals surface area contributed by atoms with Crippen LogP contribution in [0.15, 0.2) is 41.0 Å². The van der Waals surface area contributed by atoms with Gasteiger partial charge in [0.05, 0.1) is 6.26 Å². The van der Waals surface area contributed by atoms with E-state index < -0.39 is 0 Å². The van der Waals surface area contributed by atoms with Gasteiger partial charge in [0.1, 0.15) is 0 Å². The van der Waals surface area contributed by atoms with Crippen LogP contribution in [0, 0.1) is 0 Å². The maximum Gasteiger partial charge on any atom is 0.289 e. The zero-order valence-corrected chi connectivity index (χ0v) is 14.7. The Kier molecular flexibility index (Phi) is 4.49. The van der Waals surface area contributed by atoms with Crippen LogP contribution >= 0.6 is 0 Å². The first-order valence-corrected chi connectivity index (χ1v) is 9.15. The van der Waals surface area contributed by atoms with Crippen LogP contribution in [0.4, 0.5) is 5.69 Å². The van der Waals surface area contributed by atoms with Crippen LogP contribution in [0.2, 0.25) is 0 Å². The lowest BCUT2D eigenvalue weighted by Crippen LogP contribution is -2.35. The average Bonchev–Trinajstić information content (AvgIpc) is 3.09. The summed E-state index contributed by atoms with van der Waals surface area (Å²) in [6.45, 7) is 6.29. The number of nitrogens with zero attached hydrogens (tertiary/aromatic N) is 2. The first-order chi connectivity index (χ1) is 12.2. The Morgan fingerprint density at radius 2 is 2.12 bits per heavy atom. The molecular weight excluding hydrogens is 314 g/mol. The summed E-state index contributed by atoms with van der Waals surface area (Å²) in [6.07, 6.45) is 3.68. The first kappa shape index (κ1) is 16.2. The van der Waals surface area contributed by atoms with Crippen molar-refractivity contribution in [2.24, 2.45) is 0 Å². The maximum absolute atomic E-state index is 12.9. The minimum absolute atomic E-state index is 0.0174. The van der Waals surface area contributed by atoms with Gasteiger partial charge >= 0.3 is 0 Å². The van der Waals surface area contributed by atoms with E-state index >= 15 is 0 Å². The Hall–Kier alpha value is -2.27. The van der Waals surface area contributed by atoms with E-state index in [0.717, 1.165) is 44.6 Å². The predicted octanol–water partition coefficient (Wildman–Crippen LogP) is 2.67. The Balaban J connectivity index is 1.55. The third kappa shape index (κ3) is 3.16. The lowest BCUT2D eigenvalue weighted by atomic mass is 10.1. The van der Waals surface area contributed by atoms with E-state index in [4.69, 9.17) is 4.42 Å². The van der Waals surface area contributed by atoms with Gasteiger partial charge in [0.15, 0.2) is 5.76 Å². The van der Waals surface area contributed by atoms with Crippen molar-refractivity contribution in [3.05, 3.63) is 53.5 Å². The van der Waals surface area contributed by atoms with E-state index in [1.54, 1.807) is 6.26 Å². The summed E-state index contributed by atoms with van der Waals surface area (Å²) in [5, 5.41) is 3.33. The molecule has 3 heterocycles. The van der Waals surface area contributed by atoms with Crippen LogP contribution in [-0.2, 0) is 13.0 Å². The molecule has 0 aliphatic carbocycles. The number of carbonyl (C=O) groups excluding carboxylic acids is 1. The van der Waals surface area contributed by atoms with Crippen LogP contribution in [0.5, 0.6) is 0 Å². The molecule has 1 aromatic carbocycles. The Bertz CT molecular complexity index is 747. The number of para-hydroxylation sites is 1. The molecule has 1 atom stereocenters. The third-order valence-electron chi connectivity index (χ3n) is 5.26. The summed E-state index contributed by atoms with van der Waals surface area (Å²) >= 11 is 0. The zero-order chi connectivity index (χ0) is 17.2. The first-order valence-electron chi connectivity index (χ1n) is 9.15. The minimum atomic E-state index is 0.0174. The van der Waals surface area contributed by atoms with Gasteiger partial charge < -0.3 is 19.5 Å². The summed E-state index contributed by atoms with van der Waals surface area (Å²) in [5.74, 6) is 0.516. The number of furan rings is 1. The molecule has 4 rings (SSSR count). The second kappa shape index (κ2) is 6.92. The highest BCUT2D eigenvalue weighted by atomic mass is 16.3. The highest BCUT2D eigenvalue weighted by Crippen LogP contribution is 2.33. The van der Waals surface area contributed by atoms with Gasteiger partial charge in [-0.1, -0.05) is 18.2 Å². The summed E-state index contributed by atoms with van der Waals surface area (Å²) < 4.78 is 5.62. The van der Waals surface area contributed by atoms with Gasteiger partial charge in [-0.3, -0.25) is 4.79 Å². The lowest BCUT2D eigenvalue weighted by molar-refractivity contribution is 0.0733. The fourth-order valence-corrected chi connectivity index (χ4v) is 3.89. The summed E-state index contributed by atoms with van der Waals surface area (Å²) in [5.41, 5.74) is 3.63. The molecule has 0 spiro atoms. The molecule has 2 aliphatic rings. The van der Waals surface area contributed by atoms with Crippen molar-refractivity contribution in [1.29, 1.82) is 0 Å². The van der Waals surface area contributed by atoms with Gasteiger partial charge in [-0.05, 0) is 44.0 Å². The van der Waals surface area contributed by atoms with Crippen molar-refractivity contribution in [1.82, 2.24) is 10.2 Å². The molecular formula is C20H25N3O2. The predicted molar refractivity (Wildman–Crippen MR) is 97.9 cm³/mol. The molecule has 1 unspecified atom stereocenters. The van der Waals surface area contributed by atoms with Crippen molar-refractivity contribution < 1.29 is 9.21 Å². The van der Waals surface area contributed by atoms with Gasteiger partial charge in [-0.2, -0.15) is 0 Å². The second-order valence-electron chi connectivity index (χ2n) is 6.98. The van der Waals surface area contributed by atoms with E-state index in [0.29, 0.717) is 18.3 Å². The standard InChI is InChI=1S/C20H25N3O2/c1-15-13-16-5-2-3-6-18(16)23(15)14-17-7-12-25-19(17)20(24)22-10-4-8-21-9-11-22/h2-3,5-7,12,15,21H,4,8-11,13-14H2,1H3. The monoisotopic (exact) mass is 339 g/mol. The number of anilines is 1.